The number of unbranched alkanes of at least 4 members (excludes halogenated alkanes) is 5. The van der Waals surface area contributed by atoms with Gasteiger partial charge in [0.1, 0.15) is 0 Å². The lowest BCUT2D eigenvalue weighted by Crippen LogP contribution is -1.81. The van der Waals surface area contributed by atoms with E-state index in [9.17, 15) is 0 Å². The van der Waals surface area contributed by atoms with Crippen molar-refractivity contribution >= 4 is 0 Å². The summed E-state index contributed by atoms with van der Waals surface area (Å²) in [6.45, 7) is 11.2. The summed E-state index contributed by atoms with van der Waals surface area (Å²) in [5.74, 6) is 0.898. The number of hydrogen-bond acceptors (Lipinski definition) is 0. The molecule has 0 heteroatoms. The molecular formula is C14H32. The van der Waals surface area contributed by atoms with Crippen LogP contribution in [-0.2, 0) is 0 Å². The first-order valence-corrected chi connectivity index (χ1v) is 6.68. The lowest BCUT2D eigenvalue weighted by atomic mass is 10.1. The van der Waals surface area contributed by atoms with Gasteiger partial charge in [-0.2, -0.15) is 0 Å². The molecule has 0 nitrogen and oxygen atoms in total. The van der Waals surface area contributed by atoms with E-state index in [1.54, 1.807) is 0 Å². The molecule has 0 bridgehead atoms. The van der Waals surface area contributed by atoms with Crippen LogP contribution in [0.2, 0.25) is 0 Å². The third-order valence-corrected chi connectivity index (χ3v) is 2.32. The Balaban J connectivity index is 0. The summed E-state index contributed by atoms with van der Waals surface area (Å²) >= 11 is 0. The molecule has 0 N–H and O–H groups in total. The molecule has 0 spiro atoms. The molecule has 0 aliphatic rings. The highest BCUT2D eigenvalue weighted by molar-refractivity contribution is 4.39. The number of hydrogen-bond donors (Lipinski definition) is 0. The lowest BCUT2D eigenvalue weighted by Gasteiger charge is -1.95. The Hall–Kier alpha value is 0. The van der Waals surface area contributed by atoms with Gasteiger partial charge < -0.3 is 0 Å². The minimum absolute atomic E-state index is 0.898. The molecule has 0 aromatic rings. The SMILES string of the molecule is CCCC(C)C.CCCCCCCC. The predicted molar refractivity (Wildman–Crippen MR) is 68.8 cm³/mol. The maximum atomic E-state index is 2.26. The molecule has 0 amide bonds. The van der Waals surface area contributed by atoms with Gasteiger partial charge in [-0.05, 0) is 5.92 Å². The van der Waals surface area contributed by atoms with Crippen LogP contribution in [-0.4, -0.2) is 0 Å². The molecule has 14 heavy (non-hydrogen) atoms. The Morgan fingerprint density at radius 2 is 1.07 bits per heavy atom. The maximum Gasteiger partial charge on any atom is -0.0471 e. The van der Waals surface area contributed by atoms with Gasteiger partial charge in [0.2, 0.25) is 0 Å². The van der Waals surface area contributed by atoms with Gasteiger partial charge in [-0.25, -0.2) is 0 Å². The van der Waals surface area contributed by atoms with E-state index in [0.717, 1.165) is 5.92 Å². The Bertz CT molecular complexity index is 68.1. The van der Waals surface area contributed by atoms with Crippen molar-refractivity contribution in [3.05, 3.63) is 0 Å². The molecule has 0 saturated heterocycles. The zero-order chi connectivity index (χ0) is 11.2. The Morgan fingerprint density at radius 3 is 1.21 bits per heavy atom. The van der Waals surface area contributed by atoms with Crippen molar-refractivity contribution in [3.8, 4) is 0 Å². The third kappa shape index (κ3) is 22.7. The van der Waals surface area contributed by atoms with Gasteiger partial charge in [-0.15, -0.1) is 0 Å². The van der Waals surface area contributed by atoms with Crippen LogP contribution in [0.3, 0.4) is 0 Å². The topological polar surface area (TPSA) is 0 Å². The Kier molecular flexibility index (Phi) is 18.2. The van der Waals surface area contributed by atoms with Crippen LogP contribution in [0.1, 0.15) is 86.0 Å². The summed E-state index contributed by atoms with van der Waals surface area (Å²) in [6.07, 6.45) is 11.2. The largest absolute Gasteiger partial charge is 0.0654 e. The van der Waals surface area contributed by atoms with E-state index < -0.39 is 0 Å². The normalized spacial score (nSPS) is 9.86. The van der Waals surface area contributed by atoms with Crippen LogP contribution >= 0.6 is 0 Å². The minimum Gasteiger partial charge on any atom is -0.0654 e. The summed E-state index contributed by atoms with van der Waals surface area (Å²) in [5, 5.41) is 0. The molecule has 0 atom stereocenters. The smallest absolute Gasteiger partial charge is 0.0471 e. The van der Waals surface area contributed by atoms with Gasteiger partial charge in [0.15, 0.2) is 0 Å². The van der Waals surface area contributed by atoms with Crippen LogP contribution in [0.15, 0.2) is 0 Å². The van der Waals surface area contributed by atoms with E-state index in [1.165, 1.54) is 51.4 Å². The number of rotatable bonds is 7. The summed E-state index contributed by atoms with van der Waals surface area (Å²) in [6, 6.07) is 0. The molecule has 0 aliphatic carbocycles. The van der Waals surface area contributed by atoms with Crippen LogP contribution in [0.4, 0.5) is 0 Å². The van der Waals surface area contributed by atoms with Crippen LogP contribution < -0.4 is 0 Å². The van der Waals surface area contributed by atoms with Gasteiger partial charge in [0.05, 0.1) is 0 Å². The van der Waals surface area contributed by atoms with Gasteiger partial charge in [-0.3, -0.25) is 0 Å². The predicted octanol–water partition coefficient (Wildman–Crippen LogP) is 5.81. The molecule has 0 aromatic carbocycles. The Labute approximate surface area is 92.5 Å². The summed E-state index contributed by atoms with van der Waals surface area (Å²) in [4.78, 5) is 0. The van der Waals surface area contributed by atoms with Crippen LogP contribution in [0.25, 0.3) is 0 Å². The van der Waals surface area contributed by atoms with Gasteiger partial charge in [0, 0.05) is 0 Å². The molecule has 0 aromatic heterocycles. The third-order valence-electron chi connectivity index (χ3n) is 2.32. The van der Waals surface area contributed by atoms with Crippen molar-refractivity contribution in [1.29, 1.82) is 0 Å². The highest BCUT2D eigenvalue weighted by atomic mass is 13.9. The average molecular weight is 200 g/mol. The first kappa shape index (κ1) is 16.4. The van der Waals surface area contributed by atoms with Gasteiger partial charge >= 0.3 is 0 Å². The highest BCUT2D eigenvalue weighted by Crippen LogP contribution is 2.03. The van der Waals surface area contributed by atoms with Crippen molar-refractivity contribution < 1.29 is 0 Å². The van der Waals surface area contributed by atoms with E-state index in [-0.39, 0.29) is 0 Å². The molecular weight excluding hydrogens is 168 g/mol. The monoisotopic (exact) mass is 200 g/mol. The van der Waals surface area contributed by atoms with Gasteiger partial charge in [0.25, 0.3) is 0 Å². The molecule has 0 radical (unpaired) electrons. The van der Waals surface area contributed by atoms with E-state index in [1.807, 2.05) is 0 Å². The van der Waals surface area contributed by atoms with E-state index in [2.05, 4.69) is 34.6 Å². The fraction of sp³-hybridized carbons (Fsp3) is 1.00. The summed E-state index contributed by atoms with van der Waals surface area (Å²) in [7, 11) is 0. The van der Waals surface area contributed by atoms with Crippen molar-refractivity contribution in [2.75, 3.05) is 0 Å². The zero-order valence-corrected chi connectivity index (χ0v) is 11.2. The fourth-order valence-electron chi connectivity index (χ4n) is 1.43. The highest BCUT2D eigenvalue weighted by Gasteiger charge is 1.85. The molecule has 0 rings (SSSR count). The summed E-state index contributed by atoms with van der Waals surface area (Å²) < 4.78 is 0. The van der Waals surface area contributed by atoms with E-state index >= 15 is 0 Å². The first-order valence-electron chi connectivity index (χ1n) is 6.68. The molecule has 0 saturated carbocycles. The van der Waals surface area contributed by atoms with E-state index in [4.69, 9.17) is 0 Å². The maximum absolute atomic E-state index is 2.26. The Morgan fingerprint density at radius 1 is 0.643 bits per heavy atom. The molecule has 88 valence electrons. The molecule has 0 heterocycles. The standard InChI is InChI=1S/C8H18.C6H14/c1-3-5-7-8-6-4-2;1-4-5-6(2)3/h3-8H2,1-2H3;6H,4-5H2,1-3H3. The fourth-order valence-corrected chi connectivity index (χ4v) is 1.43. The average Bonchev–Trinajstić information content (AvgIpc) is 2.13. The second kappa shape index (κ2) is 15.5. The van der Waals surface area contributed by atoms with Crippen molar-refractivity contribution in [1.82, 2.24) is 0 Å². The molecule has 0 aliphatic heterocycles. The van der Waals surface area contributed by atoms with Gasteiger partial charge in [-0.1, -0.05) is 86.0 Å². The van der Waals surface area contributed by atoms with Crippen molar-refractivity contribution in [2.45, 2.75) is 86.0 Å². The van der Waals surface area contributed by atoms with Crippen molar-refractivity contribution in [3.63, 3.8) is 0 Å². The van der Waals surface area contributed by atoms with E-state index in [0.29, 0.717) is 0 Å². The quantitative estimate of drug-likeness (QED) is 0.455. The van der Waals surface area contributed by atoms with Crippen LogP contribution in [0, 0.1) is 5.92 Å². The summed E-state index contributed by atoms with van der Waals surface area (Å²) in [5.41, 5.74) is 0. The van der Waals surface area contributed by atoms with Crippen LogP contribution in [0.5, 0.6) is 0 Å². The second-order valence-electron chi connectivity index (χ2n) is 4.60. The zero-order valence-electron chi connectivity index (χ0n) is 11.2. The second-order valence-corrected chi connectivity index (χ2v) is 4.60. The molecule has 0 fully saturated rings. The minimum atomic E-state index is 0.898. The van der Waals surface area contributed by atoms with Crippen molar-refractivity contribution in [2.24, 2.45) is 5.92 Å². The lowest BCUT2D eigenvalue weighted by molar-refractivity contribution is 0.576. The molecule has 0 unspecified atom stereocenters. The first-order chi connectivity index (χ1) is 6.68.